The quantitative estimate of drug-likeness (QED) is 0.393. The van der Waals surface area contributed by atoms with Crippen LogP contribution in [-0.4, -0.2) is 28.0 Å². The topological polar surface area (TPSA) is 83.6 Å². The predicted octanol–water partition coefficient (Wildman–Crippen LogP) is 1.38. The van der Waals surface area contributed by atoms with E-state index in [4.69, 9.17) is 10.9 Å². The average Bonchev–Trinajstić information content (AvgIpc) is 2.15. The molecule has 2 atom stereocenters. The van der Waals surface area contributed by atoms with Gasteiger partial charge in [0.25, 0.3) is 0 Å². The van der Waals surface area contributed by atoms with Crippen molar-refractivity contribution in [2.24, 2.45) is 11.8 Å². The highest BCUT2D eigenvalue weighted by atomic mass is 16.4. The fourth-order valence-corrected chi connectivity index (χ4v) is 1.83. The SMILES string of the molecule is CCCC(C)CC(CC(=O)O)N(N)C(C)=O. The Kier molecular flexibility index (Phi) is 6.72. The molecule has 2 unspecified atom stereocenters. The first-order chi connectivity index (χ1) is 7.38. The minimum absolute atomic E-state index is 0.0931. The second-order valence-electron chi connectivity index (χ2n) is 4.31. The first-order valence-electron chi connectivity index (χ1n) is 5.64. The molecule has 0 bridgehead atoms. The van der Waals surface area contributed by atoms with E-state index in [1.54, 1.807) is 0 Å². The minimum Gasteiger partial charge on any atom is -0.481 e. The van der Waals surface area contributed by atoms with Gasteiger partial charge in [0.15, 0.2) is 0 Å². The zero-order chi connectivity index (χ0) is 12.7. The number of carboxylic acids is 1. The minimum atomic E-state index is -0.926. The number of nitrogens with zero attached hydrogens (tertiary/aromatic N) is 1. The van der Waals surface area contributed by atoms with Gasteiger partial charge in [0.2, 0.25) is 5.91 Å². The molecule has 0 saturated heterocycles. The lowest BCUT2D eigenvalue weighted by molar-refractivity contribution is -0.140. The van der Waals surface area contributed by atoms with Crippen LogP contribution in [0.3, 0.4) is 0 Å². The maximum absolute atomic E-state index is 11.1. The van der Waals surface area contributed by atoms with E-state index in [0.717, 1.165) is 17.9 Å². The van der Waals surface area contributed by atoms with Gasteiger partial charge in [-0.05, 0) is 12.3 Å². The molecule has 0 heterocycles. The van der Waals surface area contributed by atoms with Crippen LogP contribution in [0.2, 0.25) is 0 Å². The van der Waals surface area contributed by atoms with E-state index in [0.29, 0.717) is 12.3 Å². The standard InChI is InChI=1S/C11H22N2O3/c1-4-5-8(2)6-10(7-11(15)16)13(12)9(3)14/h8,10H,4-7,12H2,1-3H3,(H,15,16). The fourth-order valence-electron chi connectivity index (χ4n) is 1.83. The van der Waals surface area contributed by atoms with E-state index in [9.17, 15) is 9.59 Å². The Labute approximate surface area is 96.6 Å². The number of hydrogen-bond acceptors (Lipinski definition) is 3. The van der Waals surface area contributed by atoms with E-state index >= 15 is 0 Å². The largest absolute Gasteiger partial charge is 0.481 e. The van der Waals surface area contributed by atoms with Crippen LogP contribution < -0.4 is 5.84 Å². The van der Waals surface area contributed by atoms with Crippen molar-refractivity contribution in [2.75, 3.05) is 0 Å². The molecular weight excluding hydrogens is 208 g/mol. The summed E-state index contributed by atoms with van der Waals surface area (Å²) in [6.45, 7) is 5.47. The number of hydrogen-bond donors (Lipinski definition) is 2. The monoisotopic (exact) mass is 230 g/mol. The zero-order valence-corrected chi connectivity index (χ0v) is 10.3. The van der Waals surface area contributed by atoms with Crippen molar-refractivity contribution in [3.8, 4) is 0 Å². The summed E-state index contributed by atoms with van der Waals surface area (Å²) in [7, 11) is 0. The zero-order valence-electron chi connectivity index (χ0n) is 10.3. The maximum atomic E-state index is 11.1. The predicted molar refractivity (Wildman–Crippen MR) is 61.4 cm³/mol. The molecule has 0 radical (unpaired) electrons. The van der Waals surface area contributed by atoms with Gasteiger partial charge in [0, 0.05) is 6.92 Å². The number of hydrazine groups is 1. The lowest BCUT2D eigenvalue weighted by Crippen LogP contribution is -2.46. The third kappa shape index (κ3) is 5.70. The number of amides is 1. The Balaban J connectivity index is 4.41. The molecule has 0 fully saturated rings. The van der Waals surface area contributed by atoms with E-state index in [2.05, 4.69) is 6.92 Å². The summed E-state index contributed by atoms with van der Waals surface area (Å²) < 4.78 is 0. The molecule has 0 spiro atoms. The molecule has 5 heteroatoms. The van der Waals surface area contributed by atoms with Crippen molar-refractivity contribution in [1.29, 1.82) is 0 Å². The van der Waals surface area contributed by atoms with E-state index in [1.165, 1.54) is 6.92 Å². The highest BCUT2D eigenvalue weighted by molar-refractivity contribution is 5.74. The summed E-state index contributed by atoms with van der Waals surface area (Å²) in [6, 6.07) is -0.406. The van der Waals surface area contributed by atoms with Crippen molar-refractivity contribution in [1.82, 2.24) is 5.01 Å². The summed E-state index contributed by atoms with van der Waals surface area (Å²) in [5.41, 5.74) is 0. The van der Waals surface area contributed by atoms with Crippen LogP contribution in [0.15, 0.2) is 0 Å². The Morgan fingerprint density at radius 1 is 1.44 bits per heavy atom. The number of carbonyl (C=O) groups excluding carboxylic acids is 1. The Bertz CT molecular complexity index is 243. The molecular formula is C11H22N2O3. The van der Waals surface area contributed by atoms with Crippen LogP contribution in [0.4, 0.5) is 0 Å². The van der Waals surface area contributed by atoms with Crippen molar-refractivity contribution in [3.05, 3.63) is 0 Å². The second kappa shape index (κ2) is 7.22. The van der Waals surface area contributed by atoms with Gasteiger partial charge in [0.05, 0.1) is 12.5 Å². The molecule has 0 saturated carbocycles. The van der Waals surface area contributed by atoms with E-state index < -0.39 is 12.0 Å². The summed E-state index contributed by atoms with van der Waals surface area (Å²) in [5, 5.41) is 9.81. The van der Waals surface area contributed by atoms with Gasteiger partial charge < -0.3 is 5.11 Å². The number of aliphatic carboxylic acids is 1. The normalized spacial score (nSPS) is 14.2. The Morgan fingerprint density at radius 3 is 2.38 bits per heavy atom. The first kappa shape index (κ1) is 14.9. The second-order valence-corrected chi connectivity index (χ2v) is 4.31. The molecule has 0 rings (SSSR count). The molecule has 16 heavy (non-hydrogen) atoms. The Hall–Kier alpha value is -1.10. The highest BCUT2D eigenvalue weighted by Gasteiger charge is 2.22. The van der Waals surface area contributed by atoms with Gasteiger partial charge >= 0.3 is 5.97 Å². The van der Waals surface area contributed by atoms with Gasteiger partial charge in [-0.1, -0.05) is 26.7 Å². The van der Waals surface area contributed by atoms with E-state index in [-0.39, 0.29) is 12.3 Å². The lowest BCUT2D eigenvalue weighted by Gasteiger charge is -2.27. The fraction of sp³-hybridized carbons (Fsp3) is 0.818. The van der Waals surface area contributed by atoms with Crippen LogP contribution in [-0.2, 0) is 9.59 Å². The number of carbonyl (C=O) groups is 2. The van der Waals surface area contributed by atoms with Crippen LogP contribution >= 0.6 is 0 Å². The van der Waals surface area contributed by atoms with Gasteiger partial charge in [-0.15, -0.1) is 0 Å². The maximum Gasteiger partial charge on any atom is 0.305 e. The van der Waals surface area contributed by atoms with Crippen LogP contribution in [0.25, 0.3) is 0 Å². The molecule has 3 N–H and O–H groups in total. The smallest absolute Gasteiger partial charge is 0.305 e. The van der Waals surface area contributed by atoms with Gasteiger partial charge in [0.1, 0.15) is 0 Å². The van der Waals surface area contributed by atoms with Crippen LogP contribution in [0.1, 0.15) is 46.5 Å². The summed E-state index contributed by atoms with van der Waals surface area (Å²) in [5.74, 6) is 4.73. The molecule has 0 aliphatic rings. The number of rotatable bonds is 7. The number of carboxylic acid groups (broad SMARTS) is 1. The van der Waals surface area contributed by atoms with Crippen molar-refractivity contribution >= 4 is 11.9 Å². The molecule has 0 aliphatic heterocycles. The molecule has 94 valence electrons. The average molecular weight is 230 g/mol. The van der Waals surface area contributed by atoms with Gasteiger partial charge in [-0.3, -0.25) is 14.6 Å². The van der Waals surface area contributed by atoms with Gasteiger partial charge in [-0.2, -0.15) is 0 Å². The first-order valence-corrected chi connectivity index (χ1v) is 5.64. The lowest BCUT2D eigenvalue weighted by atomic mass is 9.95. The third-order valence-electron chi connectivity index (χ3n) is 2.62. The van der Waals surface area contributed by atoms with Crippen molar-refractivity contribution < 1.29 is 14.7 Å². The molecule has 0 aromatic carbocycles. The van der Waals surface area contributed by atoms with Gasteiger partial charge in [-0.25, -0.2) is 5.84 Å². The molecule has 5 nitrogen and oxygen atoms in total. The molecule has 0 aromatic rings. The number of nitrogens with two attached hydrogens (primary N) is 1. The van der Waals surface area contributed by atoms with Crippen LogP contribution in [0, 0.1) is 5.92 Å². The van der Waals surface area contributed by atoms with Crippen molar-refractivity contribution in [3.63, 3.8) is 0 Å². The van der Waals surface area contributed by atoms with E-state index in [1.807, 2.05) is 6.92 Å². The van der Waals surface area contributed by atoms with Crippen LogP contribution in [0.5, 0.6) is 0 Å². The Morgan fingerprint density at radius 2 is 2.00 bits per heavy atom. The summed E-state index contributed by atoms with van der Waals surface area (Å²) >= 11 is 0. The van der Waals surface area contributed by atoms with Crippen molar-refractivity contribution in [2.45, 2.75) is 52.5 Å². The summed E-state index contributed by atoms with van der Waals surface area (Å²) in [4.78, 5) is 21.8. The molecule has 0 aromatic heterocycles. The highest BCUT2D eigenvalue weighted by Crippen LogP contribution is 2.17. The summed E-state index contributed by atoms with van der Waals surface area (Å²) in [6.07, 6.45) is 2.60. The molecule has 1 amide bonds. The third-order valence-corrected chi connectivity index (χ3v) is 2.62. The molecule has 0 aliphatic carbocycles.